The van der Waals surface area contributed by atoms with Crippen molar-refractivity contribution in [1.29, 1.82) is 0 Å². The van der Waals surface area contributed by atoms with E-state index in [9.17, 15) is 4.79 Å². The van der Waals surface area contributed by atoms with Crippen molar-refractivity contribution in [3.63, 3.8) is 0 Å². The summed E-state index contributed by atoms with van der Waals surface area (Å²) in [7, 11) is 0. The first-order valence-corrected chi connectivity index (χ1v) is 9.65. The highest BCUT2D eigenvalue weighted by Crippen LogP contribution is 2.27. The third-order valence-corrected chi connectivity index (χ3v) is 6.11. The number of hydrogen-bond acceptors (Lipinski definition) is 2. The third kappa shape index (κ3) is 3.40. The number of anilines is 1. The zero-order chi connectivity index (χ0) is 17.3. The molecule has 1 amide bonds. The van der Waals surface area contributed by atoms with Crippen molar-refractivity contribution in [3.05, 3.63) is 51.2 Å². The number of carbonyl (C=O) groups is 1. The maximum absolute atomic E-state index is 12.7. The molecule has 1 aliphatic heterocycles. The number of nitrogens with one attached hydrogen (secondary N) is 2. The molecule has 3 nitrogen and oxygen atoms in total. The summed E-state index contributed by atoms with van der Waals surface area (Å²) in [6.45, 7) is 10.2. The van der Waals surface area contributed by atoms with Gasteiger partial charge in [0.1, 0.15) is 6.04 Å². The van der Waals surface area contributed by atoms with Gasteiger partial charge in [0.25, 0.3) is 5.91 Å². The summed E-state index contributed by atoms with van der Waals surface area (Å²) in [5, 5.41) is 5.36. The number of rotatable bonds is 4. The van der Waals surface area contributed by atoms with Gasteiger partial charge in [0.2, 0.25) is 0 Å². The molecule has 0 spiro atoms. The number of hydrogen-bond donors (Lipinski definition) is 2. The zero-order valence-electron chi connectivity index (χ0n) is 15.0. The average molecular weight is 344 g/mol. The molecule has 2 N–H and O–H groups in total. The molecule has 24 heavy (non-hydrogen) atoms. The Kier molecular flexibility index (Phi) is 5.07. The van der Waals surface area contributed by atoms with Crippen LogP contribution in [-0.4, -0.2) is 19.0 Å². The zero-order valence-corrected chi connectivity index (χ0v) is 15.8. The van der Waals surface area contributed by atoms with Gasteiger partial charge in [-0.3, -0.25) is 4.79 Å². The number of benzene rings is 1. The van der Waals surface area contributed by atoms with Crippen molar-refractivity contribution < 1.29 is 9.69 Å². The molecule has 1 aromatic heterocycles. The molecule has 0 saturated carbocycles. The summed E-state index contributed by atoms with van der Waals surface area (Å²) in [5.74, 6) is 0.515. The van der Waals surface area contributed by atoms with Gasteiger partial charge in [0, 0.05) is 22.5 Å². The van der Waals surface area contributed by atoms with Crippen molar-refractivity contribution in [1.82, 2.24) is 0 Å². The van der Waals surface area contributed by atoms with Crippen LogP contribution in [0.4, 0.5) is 5.69 Å². The van der Waals surface area contributed by atoms with Crippen molar-refractivity contribution in [2.75, 3.05) is 18.4 Å². The Labute approximate surface area is 148 Å². The van der Waals surface area contributed by atoms with Gasteiger partial charge in [-0.15, -0.1) is 11.3 Å². The average Bonchev–Trinajstić information content (AvgIpc) is 3.01. The first-order chi connectivity index (χ1) is 11.5. The molecule has 128 valence electrons. The lowest BCUT2D eigenvalue weighted by molar-refractivity contribution is -0.923. The van der Waals surface area contributed by atoms with Crippen LogP contribution in [0, 0.1) is 6.92 Å². The Hall–Kier alpha value is -1.65. The maximum atomic E-state index is 12.7. The summed E-state index contributed by atoms with van der Waals surface area (Å²) in [6, 6.07) is 8.86. The van der Waals surface area contributed by atoms with Crippen molar-refractivity contribution in [2.45, 2.75) is 46.1 Å². The number of thiophene rings is 1. The van der Waals surface area contributed by atoms with Gasteiger partial charge in [-0.2, -0.15) is 0 Å². The van der Waals surface area contributed by atoms with Gasteiger partial charge in [0.05, 0.1) is 6.54 Å². The molecule has 4 heteroatoms. The summed E-state index contributed by atoms with van der Waals surface area (Å²) in [5.41, 5.74) is 4.77. The predicted molar refractivity (Wildman–Crippen MR) is 101 cm³/mol. The van der Waals surface area contributed by atoms with E-state index in [0.717, 1.165) is 24.2 Å². The van der Waals surface area contributed by atoms with E-state index >= 15 is 0 Å². The molecular formula is C20H27N2OS+. The lowest BCUT2D eigenvalue weighted by Gasteiger charge is -2.30. The molecule has 3 rings (SSSR count). The van der Waals surface area contributed by atoms with Gasteiger partial charge in [0.15, 0.2) is 6.54 Å². The fourth-order valence-electron chi connectivity index (χ4n) is 3.62. The standard InChI is InChI=1S/C20H26N2OS/c1-13(2)16-7-5-6-14(3)20(16)21-19(23)12-22-10-8-18-17(15(22)4)9-11-24-18/h5-7,9,11,13,15H,8,10,12H2,1-4H3,(H,21,23)/p+1/t15-/m1/s1. The second-order valence-electron chi connectivity index (χ2n) is 7.10. The van der Waals surface area contributed by atoms with E-state index in [2.05, 4.69) is 62.7 Å². The summed E-state index contributed by atoms with van der Waals surface area (Å²) >= 11 is 1.85. The highest BCUT2D eigenvalue weighted by Gasteiger charge is 2.29. The lowest BCUT2D eigenvalue weighted by atomic mass is 9.98. The number of fused-ring (bicyclic) bond motifs is 1. The normalized spacial score (nSPS) is 20.0. The van der Waals surface area contributed by atoms with Crippen LogP contribution in [0.15, 0.2) is 29.6 Å². The Morgan fingerprint density at radius 1 is 1.38 bits per heavy atom. The van der Waals surface area contributed by atoms with Crippen LogP contribution in [0.25, 0.3) is 0 Å². The summed E-state index contributed by atoms with van der Waals surface area (Å²) < 4.78 is 0. The lowest BCUT2D eigenvalue weighted by Crippen LogP contribution is -3.14. The Morgan fingerprint density at radius 2 is 2.17 bits per heavy atom. The van der Waals surface area contributed by atoms with Gasteiger partial charge < -0.3 is 10.2 Å². The van der Waals surface area contributed by atoms with E-state index in [1.807, 2.05) is 11.3 Å². The van der Waals surface area contributed by atoms with Crippen LogP contribution in [0.3, 0.4) is 0 Å². The Morgan fingerprint density at radius 3 is 2.92 bits per heavy atom. The first-order valence-electron chi connectivity index (χ1n) is 8.77. The smallest absolute Gasteiger partial charge is 0.279 e. The molecular weight excluding hydrogens is 316 g/mol. The van der Waals surface area contributed by atoms with Gasteiger partial charge in [-0.25, -0.2) is 0 Å². The van der Waals surface area contributed by atoms with Crippen molar-refractivity contribution >= 4 is 22.9 Å². The monoisotopic (exact) mass is 343 g/mol. The summed E-state index contributed by atoms with van der Waals surface area (Å²) in [6.07, 6.45) is 1.08. The first kappa shape index (κ1) is 17.2. The molecule has 1 aliphatic rings. The van der Waals surface area contributed by atoms with Crippen molar-refractivity contribution in [3.8, 4) is 0 Å². The minimum atomic E-state index is 0.117. The molecule has 2 atom stereocenters. The molecule has 0 radical (unpaired) electrons. The predicted octanol–water partition coefficient (Wildman–Crippen LogP) is 3.32. The van der Waals surface area contributed by atoms with Crippen molar-refractivity contribution in [2.24, 2.45) is 0 Å². The number of quaternary nitrogens is 1. The van der Waals surface area contributed by atoms with Crippen LogP contribution < -0.4 is 10.2 Å². The molecule has 0 bridgehead atoms. The summed E-state index contributed by atoms with van der Waals surface area (Å²) in [4.78, 5) is 15.5. The van der Waals surface area contributed by atoms with Crippen LogP contribution in [0.5, 0.6) is 0 Å². The molecule has 0 saturated heterocycles. The molecule has 2 heterocycles. The van der Waals surface area contributed by atoms with E-state index in [0.29, 0.717) is 18.5 Å². The maximum Gasteiger partial charge on any atom is 0.279 e. The second-order valence-corrected chi connectivity index (χ2v) is 8.10. The highest BCUT2D eigenvalue weighted by atomic mass is 32.1. The fraction of sp³-hybridized carbons (Fsp3) is 0.450. The van der Waals surface area contributed by atoms with Crippen LogP contribution >= 0.6 is 11.3 Å². The SMILES string of the molecule is Cc1cccc(C(C)C)c1NC(=O)C[NH+]1CCc2sccc2[C@H]1C. The number of aryl methyl sites for hydroxylation is 1. The molecule has 0 fully saturated rings. The Bertz CT molecular complexity index is 735. The number of amides is 1. The fourth-order valence-corrected chi connectivity index (χ4v) is 4.60. The third-order valence-electron chi connectivity index (χ3n) is 5.11. The topological polar surface area (TPSA) is 33.5 Å². The minimum Gasteiger partial charge on any atom is -0.321 e. The van der Waals surface area contributed by atoms with E-state index in [1.165, 1.54) is 20.9 Å². The van der Waals surface area contributed by atoms with Crippen LogP contribution in [0.2, 0.25) is 0 Å². The van der Waals surface area contributed by atoms with E-state index < -0.39 is 0 Å². The van der Waals surface area contributed by atoms with Gasteiger partial charge >= 0.3 is 0 Å². The molecule has 2 aromatic rings. The van der Waals surface area contributed by atoms with E-state index in [4.69, 9.17) is 0 Å². The molecule has 0 aliphatic carbocycles. The van der Waals surface area contributed by atoms with Crippen LogP contribution in [-0.2, 0) is 11.2 Å². The second kappa shape index (κ2) is 7.08. The molecule has 1 aromatic carbocycles. The Balaban J connectivity index is 1.71. The van der Waals surface area contributed by atoms with E-state index in [-0.39, 0.29) is 5.91 Å². The largest absolute Gasteiger partial charge is 0.321 e. The van der Waals surface area contributed by atoms with Crippen LogP contribution in [0.1, 0.15) is 54.3 Å². The quantitative estimate of drug-likeness (QED) is 0.877. The molecule has 1 unspecified atom stereocenters. The van der Waals surface area contributed by atoms with Gasteiger partial charge in [-0.1, -0.05) is 32.0 Å². The van der Waals surface area contributed by atoms with E-state index in [1.54, 1.807) is 0 Å². The van der Waals surface area contributed by atoms with Gasteiger partial charge in [-0.05, 0) is 42.3 Å². The number of para-hydroxylation sites is 1. The minimum absolute atomic E-state index is 0.117. The number of carbonyl (C=O) groups excluding carboxylic acids is 1. The highest BCUT2D eigenvalue weighted by molar-refractivity contribution is 7.10.